The molecule has 0 saturated carbocycles. The van der Waals surface area contributed by atoms with Crippen molar-refractivity contribution in [2.45, 2.75) is 39.5 Å². The van der Waals surface area contributed by atoms with Crippen LogP contribution in [0.4, 0.5) is 0 Å². The molecule has 1 aromatic heterocycles. The lowest BCUT2D eigenvalue weighted by Gasteiger charge is -2.22. The van der Waals surface area contributed by atoms with E-state index in [-0.39, 0.29) is 0 Å². The molecule has 1 N–H and O–H groups in total. The molecule has 0 aliphatic carbocycles. The number of likely N-dealkylation sites (tertiary alicyclic amines) is 1. The van der Waals surface area contributed by atoms with Crippen LogP contribution in [0.2, 0.25) is 0 Å². The maximum Gasteiger partial charge on any atom is 0.189 e. The average molecular weight is 291 g/mol. The predicted molar refractivity (Wildman–Crippen MR) is 84.8 cm³/mol. The van der Waals surface area contributed by atoms with Crippen LogP contribution in [0.3, 0.4) is 0 Å². The van der Waals surface area contributed by atoms with Gasteiger partial charge >= 0.3 is 0 Å². The van der Waals surface area contributed by atoms with Gasteiger partial charge < -0.3 is 4.90 Å². The number of aryl methyl sites for hydroxylation is 1. The zero-order valence-electron chi connectivity index (χ0n) is 12.1. The van der Waals surface area contributed by atoms with Gasteiger partial charge in [0, 0.05) is 25.5 Å². The van der Waals surface area contributed by atoms with Crippen LogP contribution in [0.1, 0.15) is 44.0 Å². The van der Waals surface area contributed by atoms with Crippen LogP contribution < -0.4 is 5.43 Å². The summed E-state index contributed by atoms with van der Waals surface area (Å²) in [6, 6.07) is 0. The van der Waals surface area contributed by atoms with E-state index in [0.29, 0.717) is 5.11 Å². The fraction of sp³-hybridized carbons (Fsp3) is 0.571. The Kier molecular flexibility index (Phi) is 5.40. The first-order valence-corrected chi connectivity index (χ1v) is 7.46. The van der Waals surface area contributed by atoms with Gasteiger partial charge in [0.25, 0.3) is 0 Å². The largest absolute Gasteiger partial charge is 0.348 e. The van der Waals surface area contributed by atoms with Crippen LogP contribution in [0.25, 0.3) is 0 Å². The fourth-order valence-electron chi connectivity index (χ4n) is 2.29. The average Bonchev–Trinajstić information content (AvgIpc) is 2.74. The predicted octanol–water partition coefficient (Wildman–Crippen LogP) is 2.26. The standard InChI is InChI=1S/C14H21N5S/c1-11-13(16-8-7-15-11)12(2)17-18-14(20)19-9-5-3-4-6-10-19/h7-8H,3-6,9-10H2,1-2H3,(H,18,20). The lowest BCUT2D eigenvalue weighted by molar-refractivity contribution is 0.428. The molecule has 1 aliphatic rings. The minimum absolute atomic E-state index is 0.702. The minimum atomic E-state index is 0.702. The summed E-state index contributed by atoms with van der Waals surface area (Å²) in [5.74, 6) is 0. The summed E-state index contributed by atoms with van der Waals surface area (Å²) in [7, 11) is 0. The Labute approximate surface area is 125 Å². The molecular formula is C14H21N5S. The zero-order valence-corrected chi connectivity index (χ0v) is 12.9. The highest BCUT2D eigenvalue weighted by Crippen LogP contribution is 2.09. The molecule has 6 heteroatoms. The molecule has 0 spiro atoms. The van der Waals surface area contributed by atoms with Gasteiger partial charge in [0.2, 0.25) is 0 Å². The maximum absolute atomic E-state index is 5.41. The Morgan fingerprint density at radius 1 is 1.20 bits per heavy atom. The molecule has 0 bridgehead atoms. The van der Waals surface area contributed by atoms with Crippen molar-refractivity contribution in [2.75, 3.05) is 13.1 Å². The van der Waals surface area contributed by atoms with Crippen molar-refractivity contribution >= 4 is 23.0 Å². The van der Waals surface area contributed by atoms with Crippen molar-refractivity contribution in [3.63, 3.8) is 0 Å². The van der Waals surface area contributed by atoms with Crippen LogP contribution in [-0.4, -0.2) is 38.8 Å². The van der Waals surface area contributed by atoms with Crippen molar-refractivity contribution in [2.24, 2.45) is 5.10 Å². The minimum Gasteiger partial charge on any atom is -0.348 e. The molecule has 1 fully saturated rings. The number of nitrogens with one attached hydrogen (secondary N) is 1. The van der Waals surface area contributed by atoms with Crippen LogP contribution in [0, 0.1) is 6.92 Å². The van der Waals surface area contributed by atoms with Crippen LogP contribution >= 0.6 is 12.2 Å². The first-order chi connectivity index (χ1) is 9.68. The van der Waals surface area contributed by atoms with Crippen molar-refractivity contribution in [1.29, 1.82) is 0 Å². The lowest BCUT2D eigenvalue weighted by atomic mass is 10.2. The second-order valence-electron chi connectivity index (χ2n) is 5.01. The van der Waals surface area contributed by atoms with Crippen molar-refractivity contribution < 1.29 is 0 Å². The molecule has 108 valence electrons. The van der Waals surface area contributed by atoms with Gasteiger partial charge in [-0.3, -0.25) is 15.4 Å². The highest BCUT2D eigenvalue weighted by atomic mass is 32.1. The second-order valence-corrected chi connectivity index (χ2v) is 5.39. The summed E-state index contributed by atoms with van der Waals surface area (Å²) in [5, 5.41) is 5.04. The Morgan fingerprint density at radius 3 is 2.50 bits per heavy atom. The summed E-state index contributed by atoms with van der Waals surface area (Å²) >= 11 is 5.41. The SMILES string of the molecule is CC(=NNC(=S)N1CCCCCC1)c1nccnc1C. The molecule has 1 aliphatic heterocycles. The monoisotopic (exact) mass is 291 g/mol. The molecule has 2 rings (SSSR count). The van der Waals surface area contributed by atoms with Gasteiger partial charge in [-0.25, -0.2) is 0 Å². The Hall–Kier alpha value is -1.56. The smallest absolute Gasteiger partial charge is 0.189 e. The van der Waals surface area contributed by atoms with E-state index in [2.05, 4.69) is 25.4 Å². The highest BCUT2D eigenvalue weighted by molar-refractivity contribution is 7.80. The van der Waals surface area contributed by atoms with Crippen molar-refractivity contribution in [3.05, 3.63) is 23.8 Å². The maximum atomic E-state index is 5.41. The molecule has 20 heavy (non-hydrogen) atoms. The van der Waals surface area contributed by atoms with E-state index in [0.717, 1.165) is 30.2 Å². The molecule has 1 aromatic rings. The van der Waals surface area contributed by atoms with Crippen LogP contribution in [0.15, 0.2) is 17.5 Å². The normalized spacial score (nSPS) is 16.7. The van der Waals surface area contributed by atoms with E-state index in [9.17, 15) is 0 Å². The number of thiocarbonyl (C=S) groups is 1. The Bertz CT molecular complexity index is 492. The van der Waals surface area contributed by atoms with Gasteiger partial charge in [-0.1, -0.05) is 12.8 Å². The van der Waals surface area contributed by atoms with E-state index >= 15 is 0 Å². The van der Waals surface area contributed by atoms with Crippen LogP contribution in [-0.2, 0) is 0 Å². The Balaban J connectivity index is 1.97. The van der Waals surface area contributed by atoms with E-state index in [1.165, 1.54) is 25.7 Å². The number of aromatic nitrogens is 2. The van der Waals surface area contributed by atoms with Crippen LogP contribution in [0.5, 0.6) is 0 Å². The van der Waals surface area contributed by atoms with Gasteiger partial charge in [-0.05, 0) is 38.9 Å². The van der Waals surface area contributed by atoms with E-state index in [4.69, 9.17) is 12.2 Å². The van der Waals surface area contributed by atoms with E-state index in [1.807, 2.05) is 13.8 Å². The zero-order chi connectivity index (χ0) is 14.4. The summed E-state index contributed by atoms with van der Waals surface area (Å²) in [6.07, 6.45) is 8.35. The summed E-state index contributed by atoms with van der Waals surface area (Å²) < 4.78 is 0. The number of hydrogen-bond donors (Lipinski definition) is 1. The third kappa shape index (κ3) is 3.96. The third-order valence-corrected chi connectivity index (χ3v) is 3.79. The number of hydrogen-bond acceptors (Lipinski definition) is 4. The second kappa shape index (κ2) is 7.28. The van der Waals surface area contributed by atoms with Crippen molar-refractivity contribution in [3.8, 4) is 0 Å². The van der Waals surface area contributed by atoms with Gasteiger partial charge in [0.15, 0.2) is 5.11 Å². The molecule has 1 saturated heterocycles. The summed E-state index contributed by atoms with van der Waals surface area (Å²) in [4.78, 5) is 10.7. The molecule has 0 radical (unpaired) electrons. The molecule has 0 amide bonds. The number of rotatable bonds is 2. The van der Waals surface area contributed by atoms with Gasteiger partial charge in [-0.2, -0.15) is 5.10 Å². The third-order valence-electron chi connectivity index (χ3n) is 3.44. The summed E-state index contributed by atoms with van der Waals surface area (Å²) in [5.41, 5.74) is 5.46. The molecule has 2 heterocycles. The van der Waals surface area contributed by atoms with Gasteiger partial charge in [-0.15, -0.1) is 0 Å². The molecular weight excluding hydrogens is 270 g/mol. The fourth-order valence-corrected chi connectivity index (χ4v) is 2.52. The first kappa shape index (κ1) is 14.8. The van der Waals surface area contributed by atoms with E-state index in [1.54, 1.807) is 12.4 Å². The quantitative estimate of drug-likeness (QED) is 0.514. The Morgan fingerprint density at radius 2 is 1.85 bits per heavy atom. The van der Waals surface area contributed by atoms with E-state index < -0.39 is 0 Å². The molecule has 0 atom stereocenters. The topological polar surface area (TPSA) is 53.4 Å². The number of hydrazone groups is 1. The van der Waals surface area contributed by atoms with Crippen molar-refractivity contribution in [1.82, 2.24) is 20.3 Å². The molecule has 5 nitrogen and oxygen atoms in total. The number of nitrogens with zero attached hydrogens (tertiary/aromatic N) is 4. The van der Waals surface area contributed by atoms with Gasteiger partial charge in [0.1, 0.15) is 5.69 Å². The highest BCUT2D eigenvalue weighted by Gasteiger charge is 2.12. The molecule has 0 unspecified atom stereocenters. The lowest BCUT2D eigenvalue weighted by Crippen LogP contribution is -2.38. The molecule has 0 aromatic carbocycles. The van der Waals surface area contributed by atoms with Gasteiger partial charge in [0.05, 0.1) is 11.4 Å². The first-order valence-electron chi connectivity index (χ1n) is 7.05. The summed E-state index contributed by atoms with van der Waals surface area (Å²) in [6.45, 7) is 5.87.